The summed E-state index contributed by atoms with van der Waals surface area (Å²) in [6.07, 6.45) is 10.7. The zero-order valence-electron chi connectivity index (χ0n) is 18.3. The van der Waals surface area contributed by atoms with Gasteiger partial charge in [-0.1, -0.05) is 53.4 Å². The Balaban J connectivity index is 0. The second kappa shape index (κ2) is 18.7. The van der Waals surface area contributed by atoms with Crippen LogP contribution in [0.2, 0.25) is 0 Å². The van der Waals surface area contributed by atoms with Crippen molar-refractivity contribution in [2.45, 2.75) is 85.5 Å². The summed E-state index contributed by atoms with van der Waals surface area (Å²) in [6, 6.07) is 0. The van der Waals surface area contributed by atoms with Crippen LogP contribution in [-0.4, -0.2) is 56.8 Å². The van der Waals surface area contributed by atoms with Gasteiger partial charge >= 0.3 is 11.9 Å². The molecule has 0 N–H and O–H groups in total. The predicted octanol–water partition coefficient (Wildman–Crippen LogP) is 4.73. The third-order valence-corrected chi connectivity index (χ3v) is 4.69. The highest BCUT2D eigenvalue weighted by molar-refractivity contribution is 5.90. The first-order valence-electron chi connectivity index (χ1n) is 10.4. The van der Waals surface area contributed by atoms with Crippen LogP contribution >= 0.6 is 0 Å². The molecular formula is C21H44NO4+. The van der Waals surface area contributed by atoms with Crippen molar-refractivity contribution < 1.29 is 23.5 Å². The van der Waals surface area contributed by atoms with Gasteiger partial charge in [0.25, 0.3) is 0 Å². The molecule has 0 amide bonds. The summed E-state index contributed by atoms with van der Waals surface area (Å²) >= 11 is 0. The van der Waals surface area contributed by atoms with Gasteiger partial charge in [0.2, 0.25) is 0 Å². The van der Waals surface area contributed by atoms with Gasteiger partial charge in [-0.05, 0) is 25.7 Å². The Morgan fingerprint density at radius 3 is 1.08 bits per heavy atom. The van der Waals surface area contributed by atoms with Gasteiger partial charge in [-0.2, -0.15) is 0 Å². The summed E-state index contributed by atoms with van der Waals surface area (Å²) in [5.41, 5.74) is 0. The van der Waals surface area contributed by atoms with Gasteiger partial charge < -0.3 is 14.0 Å². The van der Waals surface area contributed by atoms with Crippen LogP contribution in [0.5, 0.6) is 0 Å². The minimum atomic E-state index is -0.582. The predicted molar refractivity (Wildman–Crippen MR) is 108 cm³/mol. The van der Waals surface area contributed by atoms with Crippen LogP contribution in [0.3, 0.4) is 0 Å². The van der Waals surface area contributed by atoms with Gasteiger partial charge in [0.1, 0.15) is 6.42 Å². The molecule has 0 atom stereocenters. The van der Waals surface area contributed by atoms with Gasteiger partial charge in [-0.15, -0.1) is 0 Å². The summed E-state index contributed by atoms with van der Waals surface area (Å²) in [5, 5.41) is 0. The molecule has 26 heavy (non-hydrogen) atoms. The number of methoxy groups -OCH3 is 2. The molecule has 0 saturated heterocycles. The van der Waals surface area contributed by atoms with E-state index in [0.717, 1.165) is 0 Å². The Morgan fingerprint density at radius 1 is 0.615 bits per heavy atom. The third-order valence-electron chi connectivity index (χ3n) is 4.69. The van der Waals surface area contributed by atoms with Crippen LogP contribution in [-0.2, 0) is 19.1 Å². The number of esters is 2. The van der Waals surface area contributed by atoms with E-state index in [0.29, 0.717) is 0 Å². The second-order valence-corrected chi connectivity index (χ2v) is 6.98. The minimum Gasteiger partial charge on any atom is -0.469 e. The lowest BCUT2D eigenvalue weighted by atomic mass is 10.1. The van der Waals surface area contributed by atoms with E-state index in [9.17, 15) is 9.59 Å². The Morgan fingerprint density at radius 2 is 0.885 bits per heavy atom. The van der Waals surface area contributed by atoms with Crippen molar-refractivity contribution in [3.05, 3.63) is 0 Å². The Kier molecular flexibility index (Phi) is 19.5. The van der Waals surface area contributed by atoms with Crippen molar-refractivity contribution in [2.24, 2.45) is 0 Å². The molecule has 0 aliphatic heterocycles. The summed E-state index contributed by atoms with van der Waals surface area (Å²) in [5.74, 6) is -1.16. The van der Waals surface area contributed by atoms with Crippen molar-refractivity contribution in [2.75, 3.05) is 40.4 Å². The monoisotopic (exact) mass is 374 g/mol. The highest BCUT2D eigenvalue weighted by atomic mass is 16.5. The van der Waals surface area contributed by atoms with Crippen molar-refractivity contribution in [1.29, 1.82) is 0 Å². The normalized spacial score (nSPS) is 10.7. The first-order chi connectivity index (χ1) is 12.4. The van der Waals surface area contributed by atoms with E-state index in [2.05, 4.69) is 37.2 Å². The van der Waals surface area contributed by atoms with Gasteiger partial charge in [0, 0.05) is 0 Å². The minimum absolute atomic E-state index is 0.312. The smallest absolute Gasteiger partial charge is 0.316 e. The molecule has 5 heteroatoms. The molecule has 0 heterocycles. The Hall–Kier alpha value is -1.10. The number of unbranched alkanes of at least 4 members (excludes halogenated alkanes) is 4. The second-order valence-electron chi connectivity index (χ2n) is 6.98. The zero-order chi connectivity index (χ0) is 20.3. The van der Waals surface area contributed by atoms with Crippen LogP contribution in [0, 0.1) is 0 Å². The van der Waals surface area contributed by atoms with E-state index in [1.807, 2.05) is 0 Å². The average molecular weight is 375 g/mol. The molecule has 0 aliphatic rings. The van der Waals surface area contributed by atoms with Crippen LogP contribution in [0.1, 0.15) is 85.5 Å². The number of hydrogen-bond donors (Lipinski definition) is 0. The van der Waals surface area contributed by atoms with Crippen molar-refractivity contribution in [3.8, 4) is 0 Å². The van der Waals surface area contributed by atoms with Gasteiger partial charge in [0.05, 0.1) is 40.4 Å². The van der Waals surface area contributed by atoms with E-state index in [1.165, 1.54) is 96.2 Å². The summed E-state index contributed by atoms with van der Waals surface area (Å²) in [7, 11) is 2.43. The zero-order valence-corrected chi connectivity index (χ0v) is 18.3. The molecular weight excluding hydrogens is 330 g/mol. The summed E-state index contributed by atoms with van der Waals surface area (Å²) < 4.78 is 9.79. The number of rotatable bonds is 14. The number of nitrogens with zero attached hydrogens (tertiary/aromatic N) is 1. The van der Waals surface area contributed by atoms with Gasteiger partial charge in [-0.25, -0.2) is 0 Å². The molecule has 0 bridgehead atoms. The molecule has 0 aromatic heterocycles. The number of ether oxygens (including phenoxy) is 2. The molecule has 0 radical (unpaired) electrons. The maximum atomic E-state index is 10.3. The Labute approximate surface area is 162 Å². The first kappa shape index (κ1) is 27.1. The standard InChI is InChI=1S/C16H36N.C5H8O4/c1-5-9-13-17(14-10-6-2,15-11-7-3)16-12-8-4;1-8-4(6)3-5(7)9-2/h5-16H2,1-4H3;3H2,1-2H3/q+1;. The van der Waals surface area contributed by atoms with Crippen LogP contribution in [0.25, 0.3) is 0 Å². The highest BCUT2D eigenvalue weighted by Crippen LogP contribution is 2.16. The number of hydrogen-bond acceptors (Lipinski definition) is 4. The van der Waals surface area contributed by atoms with E-state index >= 15 is 0 Å². The lowest BCUT2D eigenvalue weighted by Gasteiger charge is -2.39. The summed E-state index contributed by atoms with van der Waals surface area (Å²) in [6.45, 7) is 15.0. The maximum Gasteiger partial charge on any atom is 0.316 e. The van der Waals surface area contributed by atoms with Crippen molar-refractivity contribution >= 4 is 11.9 Å². The van der Waals surface area contributed by atoms with Gasteiger partial charge in [0.15, 0.2) is 0 Å². The molecule has 5 nitrogen and oxygen atoms in total. The fourth-order valence-electron chi connectivity index (χ4n) is 2.91. The molecule has 0 spiro atoms. The lowest BCUT2D eigenvalue weighted by molar-refractivity contribution is -0.929. The summed E-state index contributed by atoms with van der Waals surface area (Å²) in [4.78, 5) is 20.5. The van der Waals surface area contributed by atoms with E-state index in [4.69, 9.17) is 0 Å². The van der Waals surface area contributed by atoms with Crippen LogP contribution in [0.15, 0.2) is 0 Å². The molecule has 0 aliphatic carbocycles. The molecule has 0 saturated carbocycles. The number of carbonyl (C=O) groups is 2. The highest BCUT2D eigenvalue weighted by Gasteiger charge is 2.24. The molecule has 0 aromatic carbocycles. The number of quaternary nitrogens is 1. The van der Waals surface area contributed by atoms with Crippen molar-refractivity contribution in [1.82, 2.24) is 0 Å². The Bertz CT molecular complexity index is 293. The first-order valence-corrected chi connectivity index (χ1v) is 10.4. The van der Waals surface area contributed by atoms with E-state index < -0.39 is 11.9 Å². The van der Waals surface area contributed by atoms with Crippen LogP contribution < -0.4 is 0 Å². The fraction of sp³-hybridized carbons (Fsp3) is 0.905. The quantitative estimate of drug-likeness (QED) is 0.251. The molecule has 0 unspecified atom stereocenters. The maximum absolute atomic E-state index is 10.3. The molecule has 0 fully saturated rings. The van der Waals surface area contributed by atoms with Gasteiger partial charge in [-0.3, -0.25) is 9.59 Å². The lowest BCUT2D eigenvalue weighted by Crippen LogP contribution is -2.50. The molecule has 0 aromatic rings. The van der Waals surface area contributed by atoms with E-state index in [1.54, 1.807) is 0 Å². The van der Waals surface area contributed by atoms with Crippen LogP contribution in [0.4, 0.5) is 0 Å². The average Bonchev–Trinajstić information content (AvgIpc) is 2.67. The molecule has 0 rings (SSSR count). The largest absolute Gasteiger partial charge is 0.469 e. The van der Waals surface area contributed by atoms with Crippen molar-refractivity contribution in [3.63, 3.8) is 0 Å². The topological polar surface area (TPSA) is 52.6 Å². The number of carbonyl (C=O) groups excluding carboxylic acids is 2. The third kappa shape index (κ3) is 15.2. The fourth-order valence-corrected chi connectivity index (χ4v) is 2.91. The van der Waals surface area contributed by atoms with E-state index in [-0.39, 0.29) is 6.42 Å². The SMILES string of the molecule is CCCC[N+](CCCC)(CCCC)CCCC.COC(=O)CC(=O)OC. The molecule has 156 valence electrons.